The monoisotopic (exact) mass is 341 g/mol. The average Bonchev–Trinajstić information content (AvgIpc) is 3.40. The Bertz CT molecular complexity index is 597. The van der Waals surface area contributed by atoms with Crippen LogP contribution in [0.4, 0.5) is 5.82 Å². The Morgan fingerprint density at radius 1 is 1.12 bits per heavy atom. The predicted octanol–water partition coefficient (Wildman–Crippen LogP) is 3.02. The summed E-state index contributed by atoms with van der Waals surface area (Å²) in [5.41, 5.74) is 1.80. The van der Waals surface area contributed by atoms with E-state index in [1.165, 1.54) is 57.1 Å². The van der Waals surface area contributed by atoms with Gasteiger partial charge in [-0.05, 0) is 49.1 Å². The lowest BCUT2D eigenvalue weighted by atomic mass is 9.86. The van der Waals surface area contributed by atoms with Gasteiger partial charge in [0.25, 0.3) is 0 Å². The van der Waals surface area contributed by atoms with Gasteiger partial charge in [-0.3, -0.25) is 4.99 Å². The first-order valence-corrected chi connectivity index (χ1v) is 9.94. The molecule has 0 amide bonds. The Balaban J connectivity index is 1.32. The van der Waals surface area contributed by atoms with Crippen LogP contribution >= 0.6 is 0 Å². The first kappa shape index (κ1) is 16.7. The highest BCUT2D eigenvalue weighted by atomic mass is 15.3. The number of anilines is 1. The minimum absolute atomic E-state index is 0.580. The lowest BCUT2D eigenvalue weighted by Crippen LogP contribution is -2.40. The predicted molar refractivity (Wildman–Crippen MR) is 103 cm³/mol. The average molecular weight is 342 g/mol. The zero-order chi connectivity index (χ0) is 17.1. The summed E-state index contributed by atoms with van der Waals surface area (Å²) in [6, 6.07) is 4.36. The molecule has 4 rings (SSSR count). The Hall–Kier alpha value is -1.78. The Labute approximate surface area is 151 Å². The largest absolute Gasteiger partial charge is 0.357 e. The van der Waals surface area contributed by atoms with Crippen molar-refractivity contribution < 1.29 is 0 Å². The lowest BCUT2D eigenvalue weighted by molar-refractivity contribution is 0.309. The van der Waals surface area contributed by atoms with E-state index in [0.717, 1.165) is 38.0 Å². The van der Waals surface area contributed by atoms with Crippen molar-refractivity contribution in [2.24, 2.45) is 10.4 Å². The molecule has 1 N–H and O–H groups in total. The number of aromatic nitrogens is 1. The first-order chi connectivity index (χ1) is 12.3. The van der Waals surface area contributed by atoms with Crippen LogP contribution in [0.15, 0.2) is 23.3 Å². The summed E-state index contributed by atoms with van der Waals surface area (Å²) in [5, 5.41) is 3.55. The van der Waals surface area contributed by atoms with E-state index in [-0.39, 0.29) is 0 Å². The van der Waals surface area contributed by atoms with Crippen molar-refractivity contribution in [3.05, 3.63) is 23.9 Å². The van der Waals surface area contributed by atoms with E-state index in [4.69, 9.17) is 0 Å². The van der Waals surface area contributed by atoms with Gasteiger partial charge in [0, 0.05) is 46.0 Å². The second-order valence-corrected chi connectivity index (χ2v) is 8.00. The van der Waals surface area contributed by atoms with E-state index in [9.17, 15) is 0 Å². The van der Waals surface area contributed by atoms with Gasteiger partial charge in [-0.15, -0.1) is 0 Å². The van der Waals surface area contributed by atoms with Crippen molar-refractivity contribution in [2.75, 3.05) is 38.1 Å². The van der Waals surface area contributed by atoms with Gasteiger partial charge in [0.2, 0.25) is 0 Å². The van der Waals surface area contributed by atoms with Gasteiger partial charge in [-0.1, -0.05) is 18.9 Å². The fourth-order valence-corrected chi connectivity index (χ4v) is 4.82. The molecule has 3 aliphatic rings. The number of likely N-dealkylation sites (tertiary alicyclic amines) is 1. The summed E-state index contributed by atoms with van der Waals surface area (Å²) >= 11 is 0. The molecule has 2 aliphatic heterocycles. The van der Waals surface area contributed by atoms with Crippen LogP contribution < -0.4 is 10.2 Å². The zero-order valence-electron chi connectivity index (χ0n) is 15.5. The maximum Gasteiger partial charge on any atom is 0.193 e. The van der Waals surface area contributed by atoms with Crippen LogP contribution in [0.2, 0.25) is 0 Å². The lowest BCUT2D eigenvalue weighted by Gasteiger charge is -2.26. The van der Waals surface area contributed by atoms with Crippen LogP contribution in [0.3, 0.4) is 0 Å². The van der Waals surface area contributed by atoms with Gasteiger partial charge in [0.1, 0.15) is 5.82 Å². The number of guanidine groups is 1. The quantitative estimate of drug-likeness (QED) is 0.678. The maximum atomic E-state index is 4.65. The van der Waals surface area contributed by atoms with E-state index in [0.29, 0.717) is 5.41 Å². The fourth-order valence-electron chi connectivity index (χ4n) is 4.82. The molecule has 5 heteroatoms. The summed E-state index contributed by atoms with van der Waals surface area (Å²) in [4.78, 5) is 14.0. The smallest absolute Gasteiger partial charge is 0.193 e. The zero-order valence-corrected chi connectivity index (χ0v) is 15.5. The molecule has 1 aliphatic carbocycles. The molecule has 3 fully saturated rings. The molecular weight excluding hydrogens is 310 g/mol. The van der Waals surface area contributed by atoms with E-state index in [1.807, 2.05) is 13.2 Å². The highest BCUT2D eigenvalue weighted by Gasteiger charge is 2.41. The molecule has 3 heterocycles. The molecule has 1 aromatic heterocycles. The van der Waals surface area contributed by atoms with Crippen molar-refractivity contribution in [1.29, 1.82) is 0 Å². The van der Waals surface area contributed by atoms with Crippen LogP contribution in [0.1, 0.15) is 50.5 Å². The van der Waals surface area contributed by atoms with E-state index >= 15 is 0 Å². The number of hydrogen-bond donors (Lipinski definition) is 1. The van der Waals surface area contributed by atoms with Gasteiger partial charge in [-0.25, -0.2) is 4.98 Å². The fraction of sp³-hybridized carbons (Fsp3) is 0.700. The first-order valence-electron chi connectivity index (χ1n) is 9.94. The highest BCUT2D eigenvalue weighted by Crippen LogP contribution is 2.45. The molecule has 0 radical (unpaired) electrons. The number of aliphatic imine (C=N–C) groups is 1. The van der Waals surface area contributed by atoms with Crippen molar-refractivity contribution in [1.82, 2.24) is 15.2 Å². The minimum Gasteiger partial charge on any atom is -0.357 e. The Morgan fingerprint density at radius 2 is 1.92 bits per heavy atom. The van der Waals surface area contributed by atoms with E-state index in [1.54, 1.807) is 0 Å². The van der Waals surface area contributed by atoms with Crippen LogP contribution in [-0.4, -0.2) is 49.1 Å². The topological polar surface area (TPSA) is 43.8 Å². The minimum atomic E-state index is 0.580. The molecule has 136 valence electrons. The number of rotatable bonds is 3. The molecule has 0 bridgehead atoms. The van der Waals surface area contributed by atoms with Crippen molar-refractivity contribution >= 4 is 11.8 Å². The molecule has 1 aromatic rings. The van der Waals surface area contributed by atoms with Crippen LogP contribution in [0.5, 0.6) is 0 Å². The van der Waals surface area contributed by atoms with Crippen LogP contribution in [0, 0.1) is 5.41 Å². The molecule has 1 spiro atoms. The summed E-state index contributed by atoms with van der Waals surface area (Å²) in [7, 11) is 1.90. The van der Waals surface area contributed by atoms with Gasteiger partial charge in [0.05, 0.1) is 0 Å². The molecule has 2 saturated heterocycles. The summed E-state index contributed by atoms with van der Waals surface area (Å²) in [6.45, 7) is 5.41. The summed E-state index contributed by atoms with van der Waals surface area (Å²) in [6.07, 6.45) is 11.6. The Morgan fingerprint density at radius 3 is 2.60 bits per heavy atom. The van der Waals surface area contributed by atoms with E-state index in [2.05, 4.69) is 37.2 Å². The van der Waals surface area contributed by atoms with Gasteiger partial charge < -0.3 is 15.1 Å². The second-order valence-electron chi connectivity index (χ2n) is 8.00. The second kappa shape index (κ2) is 7.22. The molecular formula is C20H31N5. The van der Waals surface area contributed by atoms with Crippen LogP contribution in [0.25, 0.3) is 0 Å². The van der Waals surface area contributed by atoms with Crippen LogP contribution in [-0.2, 0) is 6.54 Å². The van der Waals surface area contributed by atoms with Crippen molar-refractivity contribution in [3.63, 3.8) is 0 Å². The number of nitrogens with zero attached hydrogens (tertiary/aromatic N) is 4. The molecule has 1 saturated carbocycles. The standard InChI is InChI=1S/C20H31N5/c1-21-19(25-13-10-20(16-25)8-2-3-9-20)23-15-17-6-7-18(22-14-17)24-11-4-5-12-24/h6-7,14H,2-5,8-13,15-16H2,1H3,(H,21,23). The maximum absolute atomic E-state index is 4.65. The third kappa shape index (κ3) is 3.60. The van der Waals surface area contributed by atoms with Gasteiger partial charge >= 0.3 is 0 Å². The van der Waals surface area contributed by atoms with Crippen molar-refractivity contribution in [3.8, 4) is 0 Å². The third-order valence-corrected chi connectivity index (χ3v) is 6.30. The SMILES string of the molecule is CN=C(NCc1ccc(N2CCCC2)nc1)N1CCC2(CCCC2)C1. The molecule has 5 nitrogen and oxygen atoms in total. The Kier molecular flexibility index (Phi) is 4.82. The number of nitrogens with one attached hydrogen (secondary N) is 1. The van der Waals surface area contributed by atoms with Crippen molar-refractivity contribution in [2.45, 2.75) is 51.5 Å². The summed E-state index contributed by atoms with van der Waals surface area (Å²) < 4.78 is 0. The van der Waals surface area contributed by atoms with Gasteiger partial charge in [0.15, 0.2) is 5.96 Å². The normalized spacial score (nSPS) is 23.0. The molecule has 0 atom stereocenters. The van der Waals surface area contributed by atoms with E-state index < -0.39 is 0 Å². The summed E-state index contributed by atoms with van der Waals surface area (Å²) in [5.74, 6) is 2.17. The molecule has 0 aromatic carbocycles. The highest BCUT2D eigenvalue weighted by molar-refractivity contribution is 5.80. The molecule has 25 heavy (non-hydrogen) atoms. The number of hydrogen-bond acceptors (Lipinski definition) is 3. The number of pyridine rings is 1. The third-order valence-electron chi connectivity index (χ3n) is 6.30. The van der Waals surface area contributed by atoms with Gasteiger partial charge in [-0.2, -0.15) is 0 Å². The molecule has 0 unspecified atom stereocenters.